The third-order valence-electron chi connectivity index (χ3n) is 4.17. The molecule has 0 aromatic heterocycles. The summed E-state index contributed by atoms with van der Waals surface area (Å²) in [6, 6.07) is 0.574. The molecule has 18 heavy (non-hydrogen) atoms. The summed E-state index contributed by atoms with van der Waals surface area (Å²) in [5.41, 5.74) is 5.93. The third-order valence-corrected chi connectivity index (χ3v) is 4.17. The van der Waals surface area contributed by atoms with Crippen LogP contribution in [0.15, 0.2) is 0 Å². The molecule has 1 heterocycles. The van der Waals surface area contributed by atoms with Gasteiger partial charge in [0.15, 0.2) is 0 Å². The lowest BCUT2D eigenvalue weighted by atomic mass is 9.98. The van der Waals surface area contributed by atoms with Gasteiger partial charge in [-0.15, -0.1) is 0 Å². The first-order valence-electron chi connectivity index (χ1n) is 7.76. The van der Waals surface area contributed by atoms with Crippen LogP contribution in [-0.2, 0) is 4.74 Å². The van der Waals surface area contributed by atoms with Crippen molar-refractivity contribution in [1.82, 2.24) is 4.90 Å². The second kappa shape index (κ2) is 9.76. The van der Waals surface area contributed by atoms with Crippen LogP contribution in [0.3, 0.4) is 0 Å². The number of hydrogen-bond acceptors (Lipinski definition) is 3. The lowest BCUT2D eigenvalue weighted by Crippen LogP contribution is -2.41. The van der Waals surface area contributed by atoms with Gasteiger partial charge in [0.25, 0.3) is 0 Å². The van der Waals surface area contributed by atoms with Crippen molar-refractivity contribution >= 4 is 0 Å². The van der Waals surface area contributed by atoms with E-state index in [1.807, 2.05) is 0 Å². The van der Waals surface area contributed by atoms with Gasteiger partial charge in [-0.1, -0.05) is 32.6 Å². The van der Waals surface area contributed by atoms with Crippen LogP contribution in [0.25, 0.3) is 0 Å². The monoisotopic (exact) mass is 256 g/mol. The summed E-state index contributed by atoms with van der Waals surface area (Å²) in [5, 5.41) is 0. The molecule has 0 bridgehead atoms. The third kappa shape index (κ3) is 6.17. The molecule has 1 aliphatic heterocycles. The molecule has 1 rings (SSSR count). The number of rotatable bonds is 9. The average Bonchev–Trinajstić information content (AvgIpc) is 2.40. The van der Waals surface area contributed by atoms with Gasteiger partial charge in [0, 0.05) is 32.3 Å². The van der Waals surface area contributed by atoms with Crippen molar-refractivity contribution in [3.05, 3.63) is 0 Å². The Morgan fingerprint density at radius 3 is 2.56 bits per heavy atom. The number of ether oxygens (including phenoxy) is 1. The van der Waals surface area contributed by atoms with Crippen molar-refractivity contribution in [2.24, 2.45) is 11.7 Å². The highest BCUT2D eigenvalue weighted by Crippen LogP contribution is 2.18. The first kappa shape index (κ1) is 15.9. The summed E-state index contributed by atoms with van der Waals surface area (Å²) in [5.74, 6) is 0.813. The molecule has 108 valence electrons. The van der Waals surface area contributed by atoms with E-state index in [4.69, 9.17) is 10.5 Å². The molecule has 1 atom stereocenters. The van der Waals surface area contributed by atoms with Gasteiger partial charge in [0.1, 0.15) is 0 Å². The molecule has 0 amide bonds. The minimum atomic E-state index is 0.574. The summed E-state index contributed by atoms with van der Waals surface area (Å²) in [4.78, 5) is 2.49. The molecule has 1 saturated heterocycles. The highest BCUT2D eigenvalue weighted by atomic mass is 16.5. The SMILES string of the molecule is CCCCCCC(CN)N(C)CC1CCOCC1. The lowest BCUT2D eigenvalue weighted by Gasteiger charge is -2.32. The van der Waals surface area contributed by atoms with Gasteiger partial charge >= 0.3 is 0 Å². The van der Waals surface area contributed by atoms with Crippen LogP contribution >= 0.6 is 0 Å². The normalized spacial score (nSPS) is 19.3. The van der Waals surface area contributed by atoms with Crippen molar-refractivity contribution < 1.29 is 4.74 Å². The Kier molecular flexibility index (Phi) is 8.64. The van der Waals surface area contributed by atoms with Crippen molar-refractivity contribution in [1.29, 1.82) is 0 Å². The van der Waals surface area contributed by atoms with Crippen LogP contribution in [0, 0.1) is 5.92 Å². The molecular formula is C15H32N2O. The van der Waals surface area contributed by atoms with Crippen molar-refractivity contribution in [3.63, 3.8) is 0 Å². The van der Waals surface area contributed by atoms with Gasteiger partial charge in [-0.25, -0.2) is 0 Å². The van der Waals surface area contributed by atoms with E-state index in [2.05, 4.69) is 18.9 Å². The fourth-order valence-electron chi connectivity index (χ4n) is 2.81. The predicted molar refractivity (Wildman–Crippen MR) is 77.8 cm³/mol. The number of unbranched alkanes of at least 4 members (excludes halogenated alkanes) is 3. The highest BCUT2D eigenvalue weighted by molar-refractivity contribution is 4.74. The second-order valence-corrected chi connectivity index (χ2v) is 5.73. The number of likely N-dealkylation sites (N-methyl/N-ethyl adjacent to an activating group) is 1. The minimum absolute atomic E-state index is 0.574. The standard InChI is InChI=1S/C15H32N2O/c1-3-4-5-6-7-15(12-16)17(2)13-14-8-10-18-11-9-14/h14-15H,3-13,16H2,1-2H3. The second-order valence-electron chi connectivity index (χ2n) is 5.73. The Morgan fingerprint density at radius 1 is 1.22 bits per heavy atom. The van der Waals surface area contributed by atoms with E-state index < -0.39 is 0 Å². The zero-order chi connectivity index (χ0) is 13.2. The Bertz CT molecular complexity index is 193. The molecule has 0 saturated carbocycles. The predicted octanol–water partition coefficient (Wildman–Crippen LogP) is 2.64. The Balaban J connectivity index is 2.20. The summed E-state index contributed by atoms with van der Waals surface area (Å²) in [6.45, 7) is 6.15. The van der Waals surface area contributed by atoms with Crippen LogP contribution in [0.4, 0.5) is 0 Å². The van der Waals surface area contributed by atoms with Crippen LogP contribution in [0.5, 0.6) is 0 Å². The van der Waals surface area contributed by atoms with Gasteiger partial charge in [-0.2, -0.15) is 0 Å². The Hall–Kier alpha value is -0.120. The molecule has 3 heteroatoms. The van der Waals surface area contributed by atoms with Gasteiger partial charge in [-0.05, 0) is 32.2 Å². The van der Waals surface area contributed by atoms with Gasteiger partial charge < -0.3 is 15.4 Å². The van der Waals surface area contributed by atoms with Crippen molar-refractivity contribution in [2.75, 3.05) is 33.4 Å². The van der Waals surface area contributed by atoms with Gasteiger partial charge in [-0.3, -0.25) is 0 Å². The summed E-state index contributed by atoms with van der Waals surface area (Å²) in [6.07, 6.45) is 9.06. The Morgan fingerprint density at radius 2 is 1.94 bits per heavy atom. The molecule has 3 nitrogen and oxygen atoms in total. The topological polar surface area (TPSA) is 38.5 Å². The van der Waals surface area contributed by atoms with E-state index in [0.29, 0.717) is 6.04 Å². The van der Waals surface area contributed by atoms with Crippen molar-refractivity contribution in [2.45, 2.75) is 57.9 Å². The first-order chi connectivity index (χ1) is 8.77. The molecule has 0 aromatic carbocycles. The molecule has 0 spiro atoms. The fourth-order valence-corrected chi connectivity index (χ4v) is 2.81. The summed E-state index contributed by atoms with van der Waals surface area (Å²) >= 11 is 0. The van der Waals surface area contributed by atoms with Crippen LogP contribution in [-0.4, -0.2) is 44.3 Å². The summed E-state index contributed by atoms with van der Waals surface area (Å²) < 4.78 is 5.42. The van der Waals surface area contributed by atoms with E-state index in [0.717, 1.165) is 25.7 Å². The zero-order valence-corrected chi connectivity index (χ0v) is 12.4. The highest BCUT2D eigenvalue weighted by Gasteiger charge is 2.19. The number of hydrogen-bond donors (Lipinski definition) is 1. The fraction of sp³-hybridized carbons (Fsp3) is 1.00. The maximum atomic E-state index is 5.93. The molecule has 2 N–H and O–H groups in total. The number of nitrogens with zero attached hydrogens (tertiary/aromatic N) is 1. The zero-order valence-electron chi connectivity index (χ0n) is 12.4. The van der Waals surface area contributed by atoms with E-state index >= 15 is 0 Å². The van der Waals surface area contributed by atoms with Crippen molar-refractivity contribution in [3.8, 4) is 0 Å². The molecule has 0 aliphatic carbocycles. The maximum Gasteiger partial charge on any atom is 0.0469 e. The molecule has 0 aromatic rings. The van der Waals surface area contributed by atoms with E-state index in [1.165, 1.54) is 51.5 Å². The van der Waals surface area contributed by atoms with Crippen LogP contribution in [0.1, 0.15) is 51.9 Å². The average molecular weight is 256 g/mol. The van der Waals surface area contributed by atoms with Crippen LogP contribution < -0.4 is 5.73 Å². The largest absolute Gasteiger partial charge is 0.381 e. The van der Waals surface area contributed by atoms with Gasteiger partial charge in [0.2, 0.25) is 0 Å². The van der Waals surface area contributed by atoms with E-state index in [9.17, 15) is 0 Å². The van der Waals surface area contributed by atoms with E-state index in [1.54, 1.807) is 0 Å². The molecule has 1 unspecified atom stereocenters. The van der Waals surface area contributed by atoms with E-state index in [-0.39, 0.29) is 0 Å². The van der Waals surface area contributed by atoms with Crippen LogP contribution in [0.2, 0.25) is 0 Å². The quantitative estimate of drug-likeness (QED) is 0.645. The smallest absolute Gasteiger partial charge is 0.0469 e. The minimum Gasteiger partial charge on any atom is -0.381 e. The lowest BCUT2D eigenvalue weighted by molar-refractivity contribution is 0.0500. The molecule has 1 aliphatic rings. The molecular weight excluding hydrogens is 224 g/mol. The van der Waals surface area contributed by atoms with Gasteiger partial charge in [0.05, 0.1) is 0 Å². The molecule has 1 fully saturated rings. The first-order valence-corrected chi connectivity index (χ1v) is 7.76. The Labute approximate surface area is 113 Å². The maximum absolute atomic E-state index is 5.93. The summed E-state index contributed by atoms with van der Waals surface area (Å²) in [7, 11) is 2.24. The number of nitrogens with two attached hydrogens (primary N) is 1. The molecule has 0 radical (unpaired) electrons.